The first-order valence-electron chi connectivity index (χ1n) is 5.66. The van der Waals surface area contributed by atoms with Crippen LogP contribution in [-0.2, 0) is 16.0 Å². The Morgan fingerprint density at radius 3 is 2.69 bits per heavy atom. The Hall–Kier alpha value is -1.35. The minimum atomic E-state index is -0.177. The zero-order chi connectivity index (χ0) is 11.8. The summed E-state index contributed by atoms with van der Waals surface area (Å²) >= 11 is 0. The van der Waals surface area contributed by atoms with Crippen LogP contribution in [0.3, 0.4) is 0 Å². The third-order valence-electron chi connectivity index (χ3n) is 2.35. The molecule has 0 unspecified atom stereocenters. The van der Waals surface area contributed by atoms with Gasteiger partial charge in [-0.1, -0.05) is 30.3 Å². The molecular weight excluding hydrogens is 202 g/mol. The average molecular weight is 221 g/mol. The Morgan fingerprint density at radius 2 is 2.06 bits per heavy atom. The molecule has 0 spiro atoms. The van der Waals surface area contributed by atoms with E-state index in [4.69, 9.17) is 10.5 Å². The number of hydrogen-bond donors (Lipinski definition) is 1. The van der Waals surface area contributed by atoms with E-state index in [0.717, 1.165) is 12.8 Å². The second kappa shape index (κ2) is 7.01. The van der Waals surface area contributed by atoms with E-state index in [1.807, 2.05) is 18.2 Å². The number of rotatable bonds is 6. The monoisotopic (exact) mass is 221 g/mol. The predicted octanol–water partition coefficient (Wildman–Crippen LogP) is 1.90. The molecule has 1 aromatic rings. The van der Waals surface area contributed by atoms with Crippen LogP contribution in [0.4, 0.5) is 0 Å². The molecule has 0 heterocycles. The predicted molar refractivity (Wildman–Crippen MR) is 64.0 cm³/mol. The SMILES string of the molecule is C[C@H](CN)OC(=O)CCCc1ccccc1. The van der Waals surface area contributed by atoms with Crippen LogP contribution in [-0.4, -0.2) is 18.6 Å². The van der Waals surface area contributed by atoms with Crippen LogP contribution in [0.25, 0.3) is 0 Å². The topological polar surface area (TPSA) is 52.3 Å². The van der Waals surface area contributed by atoms with E-state index in [1.165, 1.54) is 5.56 Å². The van der Waals surface area contributed by atoms with Gasteiger partial charge >= 0.3 is 5.97 Å². The molecule has 0 aliphatic carbocycles. The van der Waals surface area contributed by atoms with E-state index >= 15 is 0 Å². The zero-order valence-electron chi connectivity index (χ0n) is 9.69. The van der Waals surface area contributed by atoms with Crippen molar-refractivity contribution in [3.8, 4) is 0 Å². The molecule has 0 bridgehead atoms. The van der Waals surface area contributed by atoms with E-state index < -0.39 is 0 Å². The van der Waals surface area contributed by atoms with Crippen LogP contribution < -0.4 is 5.73 Å². The molecule has 0 saturated carbocycles. The lowest BCUT2D eigenvalue weighted by Crippen LogP contribution is -2.23. The fourth-order valence-corrected chi connectivity index (χ4v) is 1.41. The Kier molecular flexibility index (Phi) is 5.57. The molecule has 3 nitrogen and oxygen atoms in total. The molecule has 0 radical (unpaired) electrons. The van der Waals surface area contributed by atoms with Crippen molar-refractivity contribution in [3.05, 3.63) is 35.9 Å². The summed E-state index contributed by atoms with van der Waals surface area (Å²) in [5, 5.41) is 0. The summed E-state index contributed by atoms with van der Waals surface area (Å²) < 4.78 is 5.07. The highest BCUT2D eigenvalue weighted by Crippen LogP contribution is 2.05. The minimum absolute atomic E-state index is 0.158. The number of benzene rings is 1. The third-order valence-corrected chi connectivity index (χ3v) is 2.35. The fraction of sp³-hybridized carbons (Fsp3) is 0.462. The highest BCUT2D eigenvalue weighted by atomic mass is 16.5. The van der Waals surface area contributed by atoms with Gasteiger partial charge in [0.25, 0.3) is 0 Å². The van der Waals surface area contributed by atoms with Crippen LogP contribution in [0.15, 0.2) is 30.3 Å². The van der Waals surface area contributed by atoms with Gasteiger partial charge in [0, 0.05) is 13.0 Å². The van der Waals surface area contributed by atoms with E-state index in [1.54, 1.807) is 6.92 Å². The van der Waals surface area contributed by atoms with Crippen molar-refractivity contribution in [3.63, 3.8) is 0 Å². The van der Waals surface area contributed by atoms with E-state index in [-0.39, 0.29) is 12.1 Å². The number of nitrogens with two attached hydrogens (primary N) is 1. The second-order valence-corrected chi connectivity index (χ2v) is 3.88. The van der Waals surface area contributed by atoms with E-state index in [9.17, 15) is 4.79 Å². The quantitative estimate of drug-likeness (QED) is 0.746. The molecule has 0 aliphatic heterocycles. The maximum Gasteiger partial charge on any atom is 0.306 e. The molecule has 16 heavy (non-hydrogen) atoms. The van der Waals surface area contributed by atoms with Crippen molar-refractivity contribution in [2.75, 3.05) is 6.54 Å². The van der Waals surface area contributed by atoms with Gasteiger partial charge in [0.15, 0.2) is 0 Å². The lowest BCUT2D eigenvalue weighted by molar-refractivity contribution is -0.147. The normalized spacial score (nSPS) is 12.1. The first-order chi connectivity index (χ1) is 7.72. The van der Waals surface area contributed by atoms with Gasteiger partial charge in [0.05, 0.1) is 0 Å². The lowest BCUT2D eigenvalue weighted by Gasteiger charge is -2.10. The third kappa shape index (κ3) is 4.94. The van der Waals surface area contributed by atoms with E-state index in [0.29, 0.717) is 13.0 Å². The standard InChI is InChI=1S/C13H19NO2/c1-11(10-14)16-13(15)9-5-8-12-6-3-2-4-7-12/h2-4,6-7,11H,5,8-10,14H2,1H3/t11-/m1/s1. The van der Waals surface area contributed by atoms with Crippen LogP contribution in [0.2, 0.25) is 0 Å². The van der Waals surface area contributed by atoms with Crippen LogP contribution in [0.1, 0.15) is 25.3 Å². The van der Waals surface area contributed by atoms with Gasteiger partial charge in [0.1, 0.15) is 6.10 Å². The highest BCUT2D eigenvalue weighted by molar-refractivity contribution is 5.69. The summed E-state index contributed by atoms with van der Waals surface area (Å²) in [5.41, 5.74) is 6.61. The summed E-state index contributed by atoms with van der Waals surface area (Å²) in [6, 6.07) is 10.1. The Balaban J connectivity index is 2.18. The van der Waals surface area contributed by atoms with Gasteiger partial charge in [0.2, 0.25) is 0 Å². The molecule has 0 amide bonds. The Bertz CT molecular complexity index is 311. The number of carbonyl (C=O) groups is 1. The molecule has 0 saturated heterocycles. The Morgan fingerprint density at radius 1 is 1.38 bits per heavy atom. The van der Waals surface area contributed by atoms with Crippen LogP contribution in [0.5, 0.6) is 0 Å². The van der Waals surface area contributed by atoms with Gasteiger partial charge in [-0.2, -0.15) is 0 Å². The number of esters is 1. The van der Waals surface area contributed by atoms with Gasteiger partial charge in [-0.05, 0) is 25.3 Å². The van der Waals surface area contributed by atoms with Gasteiger partial charge < -0.3 is 10.5 Å². The van der Waals surface area contributed by atoms with Gasteiger partial charge in [-0.3, -0.25) is 4.79 Å². The van der Waals surface area contributed by atoms with Crippen molar-refractivity contribution in [2.45, 2.75) is 32.3 Å². The lowest BCUT2D eigenvalue weighted by atomic mass is 10.1. The molecule has 1 rings (SSSR count). The largest absolute Gasteiger partial charge is 0.461 e. The molecule has 0 aliphatic rings. The number of hydrogen-bond acceptors (Lipinski definition) is 3. The van der Waals surface area contributed by atoms with Crippen molar-refractivity contribution >= 4 is 5.97 Å². The number of aryl methyl sites for hydroxylation is 1. The maximum absolute atomic E-state index is 11.3. The molecule has 1 atom stereocenters. The molecule has 3 heteroatoms. The first-order valence-corrected chi connectivity index (χ1v) is 5.66. The molecule has 1 aromatic carbocycles. The zero-order valence-corrected chi connectivity index (χ0v) is 9.69. The molecular formula is C13H19NO2. The van der Waals surface area contributed by atoms with Crippen LogP contribution in [0, 0.1) is 0 Å². The summed E-state index contributed by atoms with van der Waals surface area (Å²) in [4.78, 5) is 11.3. The smallest absolute Gasteiger partial charge is 0.306 e. The van der Waals surface area contributed by atoms with Gasteiger partial charge in [-0.25, -0.2) is 0 Å². The average Bonchev–Trinajstić information content (AvgIpc) is 2.30. The first kappa shape index (κ1) is 12.7. The van der Waals surface area contributed by atoms with Crippen molar-refractivity contribution in [2.24, 2.45) is 5.73 Å². The summed E-state index contributed by atoms with van der Waals surface area (Å²) in [6.07, 6.45) is 2.01. The number of ether oxygens (including phenoxy) is 1. The van der Waals surface area contributed by atoms with Crippen molar-refractivity contribution in [1.29, 1.82) is 0 Å². The summed E-state index contributed by atoms with van der Waals surface area (Å²) in [5.74, 6) is -0.158. The van der Waals surface area contributed by atoms with Crippen molar-refractivity contribution in [1.82, 2.24) is 0 Å². The molecule has 2 N–H and O–H groups in total. The summed E-state index contributed by atoms with van der Waals surface area (Å²) in [7, 11) is 0. The number of carbonyl (C=O) groups excluding carboxylic acids is 1. The Labute approximate surface area is 96.6 Å². The second-order valence-electron chi connectivity index (χ2n) is 3.88. The summed E-state index contributed by atoms with van der Waals surface area (Å²) in [6.45, 7) is 2.18. The van der Waals surface area contributed by atoms with Gasteiger partial charge in [-0.15, -0.1) is 0 Å². The highest BCUT2D eigenvalue weighted by Gasteiger charge is 2.07. The van der Waals surface area contributed by atoms with Crippen LogP contribution >= 0.6 is 0 Å². The minimum Gasteiger partial charge on any atom is -0.461 e. The van der Waals surface area contributed by atoms with E-state index in [2.05, 4.69) is 12.1 Å². The fourth-order valence-electron chi connectivity index (χ4n) is 1.41. The molecule has 0 fully saturated rings. The molecule has 88 valence electrons. The maximum atomic E-state index is 11.3. The van der Waals surface area contributed by atoms with Crippen molar-refractivity contribution < 1.29 is 9.53 Å². The molecule has 0 aromatic heterocycles.